The fourth-order valence-corrected chi connectivity index (χ4v) is 1.97. The van der Waals surface area contributed by atoms with E-state index in [2.05, 4.69) is 20.6 Å². The van der Waals surface area contributed by atoms with Crippen molar-refractivity contribution >= 4 is 17.5 Å². The fourth-order valence-electron chi connectivity index (χ4n) is 1.97. The molecule has 0 aliphatic rings. The van der Waals surface area contributed by atoms with Gasteiger partial charge in [0.1, 0.15) is 5.69 Å². The summed E-state index contributed by atoms with van der Waals surface area (Å²) in [6.45, 7) is 7.86. The number of hydrogen-bond donors (Lipinski definition) is 2. The molecule has 5 nitrogen and oxygen atoms in total. The Morgan fingerprint density at radius 3 is 2.64 bits per heavy atom. The monoisotopic (exact) mass is 298 g/mol. The smallest absolute Gasteiger partial charge is 0.270 e. The van der Waals surface area contributed by atoms with Crippen LogP contribution in [-0.2, 0) is 0 Å². The molecule has 2 N–H and O–H groups in total. The molecule has 0 bridgehead atoms. The minimum Gasteiger partial charge on any atom is -0.348 e. The molecule has 1 aromatic carbocycles. The standard InChI is InChI=1S/C17H22N4O/c1-5-12(3)18-16(22)15-10-13(4)19-17(21-15)20-14-9-7-6-8-11(14)2/h6-10,12H,5H2,1-4H3,(H,18,22)(H,19,20,21). The lowest BCUT2D eigenvalue weighted by atomic mass is 10.2. The van der Waals surface area contributed by atoms with E-state index in [1.807, 2.05) is 52.0 Å². The summed E-state index contributed by atoms with van der Waals surface area (Å²) in [5.41, 5.74) is 3.16. The van der Waals surface area contributed by atoms with Crippen molar-refractivity contribution in [3.63, 3.8) is 0 Å². The van der Waals surface area contributed by atoms with Gasteiger partial charge in [0.05, 0.1) is 0 Å². The minimum absolute atomic E-state index is 0.121. The number of carbonyl (C=O) groups excluding carboxylic acids is 1. The summed E-state index contributed by atoms with van der Waals surface area (Å²) >= 11 is 0. The maximum absolute atomic E-state index is 12.2. The zero-order valence-electron chi connectivity index (χ0n) is 13.5. The molecular weight excluding hydrogens is 276 g/mol. The van der Waals surface area contributed by atoms with Crippen LogP contribution in [0.5, 0.6) is 0 Å². The molecule has 1 heterocycles. The molecule has 2 rings (SSSR count). The Morgan fingerprint density at radius 1 is 1.23 bits per heavy atom. The highest BCUT2D eigenvalue weighted by Crippen LogP contribution is 2.18. The Labute approximate surface area is 131 Å². The molecule has 5 heteroatoms. The summed E-state index contributed by atoms with van der Waals surface area (Å²) in [5, 5.41) is 6.09. The number of aryl methyl sites for hydroxylation is 2. The van der Waals surface area contributed by atoms with Crippen molar-refractivity contribution in [3.8, 4) is 0 Å². The highest BCUT2D eigenvalue weighted by molar-refractivity contribution is 5.92. The molecule has 0 aliphatic carbocycles. The second kappa shape index (κ2) is 7.02. The molecule has 0 radical (unpaired) electrons. The molecule has 0 saturated heterocycles. The summed E-state index contributed by atoms with van der Waals surface area (Å²) in [6, 6.07) is 9.70. The van der Waals surface area contributed by atoms with Gasteiger partial charge in [-0.25, -0.2) is 9.97 Å². The van der Waals surface area contributed by atoms with Crippen LogP contribution in [0.4, 0.5) is 11.6 Å². The highest BCUT2D eigenvalue weighted by Gasteiger charge is 2.13. The fraction of sp³-hybridized carbons (Fsp3) is 0.353. The van der Waals surface area contributed by atoms with Crippen molar-refractivity contribution in [2.75, 3.05) is 5.32 Å². The average molecular weight is 298 g/mol. The molecule has 1 unspecified atom stereocenters. The molecule has 0 spiro atoms. The summed E-state index contributed by atoms with van der Waals surface area (Å²) in [7, 11) is 0. The quantitative estimate of drug-likeness (QED) is 0.888. The first kappa shape index (κ1) is 15.9. The Morgan fingerprint density at radius 2 is 1.95 bits per heavy atom. The molecular formula is C17H22N4O. The van der Waals surface area contributed by atoms with E-state index in [9.17, 15) is 4.79 Å². The molecule has 2 aromatic rings. The predicted molar refractivity (Wildman–Crippen MR) is 88.4 cm³/mol. The van der Waals surface area contributed by atoms with Crippen LogP contribution in [0.3, 0.4) is 0 Å². The molecule has 116 valence electrons. The van der Waals surface area contributed by atoms with Gasteiger partial charge in [0.25, 0.3) is 5.91 Å². The number of aromatic nitrogens is 2. The zero-order valence-corrected chi connectivity index (χ0v) is 13.5. The third-order valence-electron chi connectivity index (χ3n) is 3.47. The third kappa shape index (κ3) is 4.04. The number of amides is 1. The van der Waals surface area contributed by atoms with Gasteiger partial charge < -0.3 is 10.6 Å². The maximum atomic E-state index is 12.2. The van der Waals surface area contributed by atoms with Crippen LogP contribution in [-0.4, -0.2) is 21.9 Å². The highest BCUT2D eigenvalue weighted by atomic mass is 16.1. The van der Waals surface area contributed by atoms with Crippen LogP contribution in [0, 0.1) is 13.8 Å². The van der Waals surface area contributed by atoms with Crippen molar-refractivity contribution in [1.29, 1.82) is 0 Å². The van der Waals surface area contributed by atoms with Crippen LogP contribution in [0.15, 0.2) is 30.3 Å². The van der Waals surface area contributed by atoms with Gasteiger partial charge in [-0.05, 0) is 44.9 Å². The minimum atomic E-state index is -0.173. The Bertz CT molecular complexity index is 669. The lowest BCUT2D eigenvalue weighted by Crippen LogP contribution is -2.32. The summed E-state index contributed by atoms with van der Waals surface area (Å²) < 4.78 is 0. The molecule has 0 saturated carbocycles. The van der Waals surface area contributed by atoms with Gasteiger partial charge in [-0.15, -0.1) is 0 Å². The summed E-state index contributed by atoms with van der Waals surface area (Å²) in [4.78, 5) is 20.9. The van der Waals surface area contributed by atoms with Gasteiger partial charge in [0, 0.05) is 17.4 Å². The average Bonchev–Trinajstić information content (AvgIpc) is 2.49. The van der Waals surface area contributed by atoms with Crippen molar-refractivity contribution in [2.24, 2.45) is 0 Å². The molecule has 1 amide bonds. The number of para-hydroxylation sites is 1. The summed E-state index contributed by atoms with van der Waals surface area (Å²) in [5.74, 6) is 0.260. The largest absolute Gasteiger partial charge is 0.348 e. The van der Waals surface area contributed by atoms with E-state index < -0.39 is 0 Å². The van der Waals surface area contributed by atoms with Crippen LogP contribution in [0.25, 0.3) is 0 Å². The molecule has 22 heavy (non-hydrogen) atoms. The van der Waals surface area contributed by atoms with Crippen LogP contribution in [0.1, 0.15) is 42.0 Å². The number of anilines is 2. The molecule has 1 atom stereocenters. The van der Waals surface area contributed by atoms with Gasteiger partial charge in [0.15, 0.2) is 0 Å². The van der Waals surface area contributed by atoms with Crippen molar-refractivity contribution < 1.29 is 4.79 Å². The molecule has 0 fully saturated rings. The van der Waals surface area contributed by atoms with E-state index >= 15 is 0 Å². The van der Waals surface area contributed by atoms with E-state index in [1.165, 1.54) is 0 Å². The first-order valence-corrected chi connectivity index (χ1v) is 7.48. The van der Waals surface area contributed by atoms with Gasteiger partial charge in [-0.2, -0.15) is 0 Å². The second-order valence-electron chi connectivity index (χ2n) is 5.44. The van der Waals surface area contributed by atoms with Crippen molar-refractivity contribution in [2.45, 2.75) is 40.2 Å². The van der Waals surface area contributed by atoms with Crippen LogP contribution < -0.4 is 10.6 Å². The van der Waals surface area contributed by atoms with Crippen LogP contribution in [0.2, 0.25) is 0 Å². The van der Waals surface area contributed by atoms with E-state index in [0.29, 0.717) is 11.6 Å². The Balaban J connectivity index is 2.23. The van der Waals surface area contributed by atoms with Gasteiger partial charge in [-0.3, -0.25) is 4.79 Å². The third-order valence-corrected chi connectivity index (χ3v) is 3.47. The number of hydrogen-bond acceptors (Lipinski definition) is 4. The SMILES string of the molecule is CCC(C)NC(=O)c1cc(C)nc(Nc2ccccc2C)n1. The van der Waals surface area contributed by atoms with Crippen LogP contribution >= 0.6 is 0 Å². The molecule has 1 aromatic heterocycles. The summed E-state index contributed by atoms with van der Waals surface area (Å²) in [6.07, 6.45) is 0.879. The van der Waals surface area contributed by atoms with Crippen molar-refractivity contribution in [1.82, 2.24) is 15.3 Å². The Hall–Kier alpha value is -2.43. The second-order valence-corrected chi connectivity index (χ2v) is 5.44. The number of benzene rings is 1. The first-order valence-electron chi connectivity index (χ1n) is 7.48. The maximum Gasteiger partial charge on any atom is 0.270 e. The topological polar surface area (TPSA) is 66.9 Å². The Kier molecular flexibility index (Phi) is 5.09. The molecule has 0 aliphatic heterocycles. The van der Waals surface area contributed by atoms with E-state index in [0.717, 1.165) is 23.4 Å². The van der Waals surface area contributed by atoms with E-state index in [1.54, 1.807) is 6.07 Å². The lowest BCUT2D eigenvalue weighted by Gasteiger charge is -2.13. The predicted octanol–water partition coefficient (Wildman–Crippen LogP) is 3.37. The number of nitrogens with zero attached hydrogens (tertiary/aromatic N) is 2. The number of nitrogens with one attached hydrogen (secondary N) is 2. The van der Waals surface area contributed by atoms with Crippen molar-refractivity contribution in [3.05, 3.63) is 47.3 Å². The van der Waals surface area contributed by atoms with E-state index in [4.69, 9.17) is 0 Å². The first-order chi connectivity index (χ1) is 10.5. The van der Waals surface area contributed by atoms with Gasteiger partial charge >= 0.3 is 0 Å². The number of carbonyl (C=O) groups is 1. The lowest BCUT2D eigenvalue weighted by molar-refractivity contribution is 0.0934. The zero-order chi connectivity index (χ0) is 16.1. The van der Waals surface area contributed by atoms with Gasteiger partial charge in [-0.1, -0.05) is 25.1 Å². The number of rotatable bonds is 5. The van der Waals surface area contributed by atoms with Gasteiger partial charge in [0.2, 0.25) is 5.95 Å². The normalized spacial score (nSPS) is 11.8. The van der Waals surface area contributed by atoms with E-state index in [-0.39, 0.29) is 11.9 Å².